The van der Waals surface area contributed by atoms with Crippen molar-refractivity contribution in [3.8, 4) is 5.88 Å². The number of nitrogens with zero attached hydrogens (tertiary/aromatic N) is 1. The van der Waals surface area contributed by atoms with E-state index in [-0.39, 0.29) is 5.97 Å². The zero-order chi connectivity index (χ0) is 13.8. The van der Waals surface area contributed by atoms with Crippen LogP contribution in [0, 0.1) is 5.92 Å². The predicted octanol–water partition coefficient (Wildman–Crippen LogP) is 1.43. The van der Waals surface area contributed by atoms with Crippen molar-refractivity contribution in [3.63, 3.8) is 0 Å². The lowest BCUT2D eigenvalue weighted by Gasteiger charge is -2.14. The Morgan fingerprint density at radius 2 is 2.32 bits per heavy atom. The van der Waals surface area contributed by atoms with E-state index in [1.165, 1.54) is 20.0 Å². The second-order valence-electron chi connectivity index (χ2n) is 4.73. The number of pyridine rings is 1. The maximum absolute atomic E-state index is 11.3. The smallest absolute Gasteiger partial charge is 0.328 e. The first-order chi connectivity index (χ1) is 9.10. The molecule has 0 amide bonds. The van der Waals surface area contributed by atoms with Gasteiger partial charge in [0.15, 0.2) is 0 Å². The molecule has 1 fully saturated rings. The van der Waals surface area contributed by atoms with Crippen LogP contribution in [-0.4, -0.2) is 30.7 Å². The zero-order valence-corrected chi connectivity index (χ0v) is 11.2. The van der Waals surface area contributed by atoms with Crippen molar-refractivity contribution in [2.75, 3.05) is 24.8 Å². The first kappa shape index (κ1) is 13.5. The molecule has 1 unspecified atom stereocenters. The van der Waals surface area contributed by atoms with E-state index in [0.717, 1.165) is 0 Å². The van der Waals surface area contributed by atoms with Gasteiger partial charge in [-0.3, -0.25) is 0 Å². The van der Waals surface area contributed by atoms with Crippen molar-refractivity contribution in [1.82, 2.24) is 4.98 Å². The van der Waals surface area contributed by atoms with Crippen LogP contribution < -0.4 is 15.8 Å². The quantitative estimate of drug-likeness (QED) is 0.757. The Hall–Kier alpha value is -1.98. The lowest BCUT2D eigenvalue weighted by molar-refractivity contribution is -0.141. The van der Waals surface area contributed by atoms with Crippen LogP contribution >= 0.6 is 0 Å². The maximum Gasteiger partial charge on any atom is 0.328 e. The normalized spacial score (nSPS) is 15.7. The summed E-state index contributed by atoms with van der Waals surface area (Å²) in [5.74, 6) is 1.23. The van der Waals surface area contributed by atoms with Crippen LogP contribution in [0.1, 0.15) is 19.8 Å². The number of nitrogens with two attached hydrogens (primary N) is 1. The van der Waals surface area contributed by atoms with Gasteiger partial charge in [-0.15, -0.1) is 0 Å². The van der Waals surface area contributed by atoms with E-state index in [0.29, 0.717) is 29.9 Å². The van der Waals surface area contributed by atoms with Gasteiger partial charge in [0, 0.05) is 0 Å². The molecular formula is C13H19N3O3. The van der Waals surface area contributed by atoms with Gasteiger partial charge in [-0.05, 0) is 37.8 Å². The van der Waals surface area contributed by atoms with Crippen LogP contribution in [0.25, 0.3) is 0 Å². The zero-order valence-electron chi connectivity index (χ0n) is 11.2. The summed E-state index contributed by atoms with van der Waals surface area (Å²) < 4.78 is 10.2. The number of nitrogen functional groups attached to an aromatic ring is 1. The molecule has 6 nitrogen and oxygen atoms in total. The summed E-state index contributed by atoms with van der Waals surface area (Å²) in [6.45, 7) is 2.35. The van der Waals surface area contributed by atoms with E-state index >= 15 is 0 Å². The third-order valence-corrected chi connectivity index (χ3v) is 2.96. The summed E-state index contributed by atoms with van der Waals surface area (Å²) in [7, 11) is 1.35. The standard InChI is InChI=1S/C13H19N3O3/c1-8(13(17)18-2)15-11-6-5-10(14)12(16-11)19-7-9-3-4-9/h5-6,8-9H,3-4,7,14H2,1-2H3,(H,15,16). The van der Waals surface area contributed by atoms with E-state index in [1.54, 1.807) is 19.1 Å². The van der Waals surface area contributed by atoms with Gasteiger partial charge in [-0.25, -0.2) is 4.79 Å². The lowest BCUT2D eigenvalue weighted by Crippen LogP contribution is -2.27. The molecule has 1 heterocycles. The number of carbonyl (C=O) groups excluding carboxylic acids is 1. The van der Waals surface area contributed by atoms with Gasteiger partial charge in [-0.2, -0.15) is 4.98 Å². The minimum atomic E-state index is -0.475. The Labute approximate surface area is 112 Å². The van der Waals surface area contributed by atoms with Crippen LogP contribution in [-0.2, 0) is 9.53 Å². The number of aromatic nitrogens is 1. The molecule has 3 N–H and O–H groups in total. The summed E-state index contributed by atoms with van der Waals surface area (Å²) >= 11 is 0. The van der Waals surface area contributed by atoms with Gasteiger partial charge < -0.3 is 20.5 Å². The molecule has 1 atom stereocenters. The summed E-state index contributed by atoms with van der Waals surface area (Å²) in [5.41, 5.74) is 6.30. The van der Waals surface area contributed by atoms with Gasteiger partial charge in [0.05, 0.1) is 19.4 Å². The van der Waals surface area contributed by atoms with E-state index in [2.05, 4.69) is 15.0 Å². The van der Waals surface area contributed by atoms with Crippen LogP contribution in [0.3, 0.4) is 0 Å². The summed E-state index contributed by atoms with van der Waals surface area (Å²) in [5, 5.41) is 2.94. The first-order valence-electron chi connectivity index (χ1n) is 6.34. The van der Waals surface area contributed by atoms with E-state index < -0.39 is 6.04 Å². The number of hydrogen-bond acceptors (Lipinski definition) is 6. The molecule has 104 valence electrons. The monoisotopic (exact) mass is 265 g/mol. The number of nitrogens with one attached hydrogen (secondary N) is 1. The molecule has 0 saturated heterocycles. The molecule has 1 saturated carbocycles. The van der Waals surface area contributed by atoms with E-state index in [4.69, 9.17) is 10.5 Å². The Morgan fingerprint density at radius 1 is 1.58 bits per heavy atom. The van der Waals surface area contributed by atoms with Crippen LogP contribution in [0.2, 0.25) is 0 Å². The molecule has 19 heavy (non-hydrogen) atoms. The average molecular weight is 265 g/mol. The highest BCUT2D eigenvalue weighted by atomic mass is 16.5. The Kier molecular flexibility index (Phi) is 4.09. The van der Waals surface area contributed by atoms with Gasteiger partial charge >= 0.3 is 5.97 Å². The second kappa shape index (κ2) is 5.77. The number of ether oxygens (including phenoxy) is 2. The summed E-state index contributed by atoms with van der Waals surface area (Å²) in [6.07, 6.45) is 2.41. The van der Waals surface area contributed by atoms with Gasteiger partial charge in [0.2, 0.25) is 5.88 Å². The topological polar surface area (TPSA) is 86.5 Å². The Balaban J connectivity index is 2.00. The molecule has 6 heteroatoms. The molecule has 2 rings (SSSR count). The van der Waals surface area contributed by atoms with Gasteiger partial charge in [0.25, 0.3) is 0 Å². The molecular weight excluding hydrogens is 246 g/mol. The molecule has 0 bridgehead atoms. The summed E-state index contributed by atoms with van der Waals surface area (Å²) in [6, 6.07) is 2.94. The van der Waals surface area contributed by atoms with E-state index in [9.17, 15) is 4.79 Å². The van der Waals surface area contributed by atoms with Crippen molar-refractivity contribution in [2.45, 2.75) is 25.8 Å². The Morgan fingerprint density at radius 3 is 2.95 bits per heavy atom. The predicted molar refractivity (Wildman–Crippen MR) is 72.0 cm³/mol. The number of anilines is 2. The third-order valence-electron chi connectivity index (χ3n) is 2.96. The number of esters is 1. The van der Waals surface area contributed by atoms with Crippen molar-refractivity contribution in [1.29, 1.82) is 0 Å². The molecule has 1 aliphatic carbocycles. The number of methoxy groups -OCH3 is 1. The van der Waals surface area contributed by atoms with Gasteiger partial charge in [0.1, 0.15) is 11.9 Å². The van der Waals surface area contributed by atoms with Crippen molar-refractivity contribution in [2.24, 2.45) is 5.92 Å². The number of rotatable bonds is 6. The van der Waals surface area contributed by atoms with Crippen molar-refractivity contribution < 1.29 is 14.3 Å². The third kappa shape index (κ3) is 3.74. The highest BCUT2D eigenvalue weighted by Crippen LogP contribution is 2.30. The number of hydrogen-bond donors (Lipinski definition) is 2. The molecule has 0 spiro atoms. The second-order valence-corrected chi connectivity index (χ2v) is 4.73. The SMILES string of the molecule is COC(=O)C(C)Nc1ccc(N)c(OCC2CC2)n1. The van der Waals surface area contributed by atoms with Crippen LogP contribution in [0.5, 0.6) is 5.88 Å². The minimum Gasteiger partial charge on any atom is -0.476 e. The molecule has 1 aromatic rings. The lowest BCUT2D eigenvalue weighted by atomic mass is 10.3. The van der Waals surface area contributed by atoms with Crippen molar-refractivity contribution in [3.05, 3.63) is 12.1 Å². The van der Waals surface area contributed by atoms with Crippen molar-refractivity contribution >= 4 is 17.5 Å². The fourth-order valence-electron chi connectivity index (χ4n) is 1.59. The largest absolute Gasteiger partial charge is 0.476 e. The van der Waals surface area contributed by atoms with Gasteiger partial charge in [-0.1, -0.05) is 0 Å². The first-order valence-corrected chi connectivity index (χ1v) is 6.34. The van der Waals surface area contributed by atoms with Crippen LogP contribution in [0.15, 0.2) is 12.1 Å². The molecule has 0 radical (unpaired) electrons. The maximum atomic E-state index is 11.3. The average Bonchev–Trinajstić information content (AvgIpc) is 3.22. The molecule has 0 aromatic carbocycles. The fraction of sp³-hybridized carbons (Fsp3) is 0.538. The molecule has 0 aliphatic heterocycles. The summed E-state index contributed by atoms with van der Waals surface area (Å²) in [4.78, 5) is 15.6. The fourth-order valence-corrected chi connectivity index (χ4v) is 1.59. The number of carbonyl (C=O) groups is 1. The minimum absolute atomic E-state index is 0.348. The van der Waals surface area contributed by atoms with E-state index in [1.807, 2.05) is 0 Å². The highest BCUT2D eigenvalue weighted by Gasteiger charge is 2.22. The highest BCUT2D eigenvalue weighted by molar-refractivity contribution is 5.78. The Bertz CT molecular complexity index is 460. The molecule has 1 aromatic heterocycles. The van der Waals surface area contributed by atoms with Crippen LogP contribution in [0.4, 0.5) is 11.5 Å². The molecule has 1 aliphatic rings.